The molecule has 1 rings (SSSR count). The standard InChI is InChI=1S/C12H22N2O3/c1-9(2)14(8-5-11(15)16)12(17)10-3-6-13-7-4-10/h9-10,13H,3-8H2,1-2H3,(H,15,16). The molecule has 1 amide bonds. The molecule has 1 fully saturated rings. The quantitative estimate of drug-likeness (QED) is 0.744. The fraction of sp³-hybridized carbons (Fsp3) is 0.833. The van der Waals surface area contributed by atoms with E-state index in [4.69, 9.17) is 5.11 Å². The maximum absolute atomic E-state index is 12.3. The van der Waals surface area contributed by atoms with E-state index in [1.807, 2.05) is 13.8 Å². The largest absolute Gasteiger partial charge is 0.481 e. The maximum Gasteiger partial charge on any atom is 0.305 e. The number of carboxylic acid groups (broad SMARTS) is 1. The van der Waals surface area contributed by atoms with Crippen LogP contribution in [0.1, 0.15) is 33.1 Å². The number of carboxylic acids is 1. The number of nitrogens with zero attached hydrogens (tertiary/aromatic N) is 1. The number of nitrogens with one attached hydrogen (secondary N) is 1. The molecular formula is C12H22N2O3. The summed E-state index contributed by atoms with van der Waals surface area (Å²) < 4.78 is 0. The Balaban J connectivity index is 2.55. The van der Waals surface area contributed by atoms with Crippen molar-refractivity contribution < 1.29 is 14.7 Å². The molecule has 0 aliphatic carbocycles. The summed E-state index contributed by atoms with van der Waals surface area (Å²) in [6.07, 6.45) is 1.74. The lowest BCUT2D eigenvalue weighted by molar-refractivity contribution is -0.141. The van der Waals surface area contributed by atoms with Crippen molar-refractivity contribution in [2.24, 2.45) is 5.92 Å². The lowest BCUT2D eigenvalue weighted by Crippen LogP contribution is -2.45. The van der Waals surface area contributed by atoms with Crippen molar-refractivity contribution in [3.05, 3.63) is 0 Å². The van der Waals surface area contributed by atoms with Gasteiger partial charge in [0.1, 0.15) is 0 Å². The van der Waals surface area contributed by atoms with Gasteiger partial charge in [0.15, 0.2) is 0 Å². The number of aliphatic carboxylic acids is 1. The van der Waals surface area contributed by atoms with E-state index in [9.17, 15) is 9.59 Å². The molecule has 0 aromatic carbocycles. The normalized spacial score (nSPS) is 17.1. The van der Waals surface area contributed by atoms with E-state index in [1.54, 1.807) is 4.90 Å². The average molecular weight is 242 g/mol. The van der Waals surface area contributed by atoms with Gasteiger partial charge in [-0.1, -0.05) is 0 Å². The molecule has 0 spiro atoms. The zero-order chi connectivity index (χ0) is 12.8. The second-order valence-corrected chi connectivity index (χ2v) is 4.79. The van der Waals surface area contributed by atoms with Crippen molar-refractivity contribution in [3.63, 3.8) is 0 Å². The van der Waals surface area contributed by atoms with Crippen LogP contribution in [-0.2, 0) is 9.59 Å². The van der Waals surface area contributed by atoms with Crippen molar-refractivity contribution >= 4 is 11.9 Å². The van der Waals surface area contributed by atoms with Gasteiger partial charge in [0.05, 0.1) is 6.42 Å². The Morgan fingerprint density at radius 3 is 2.41 bits per heavy atom. The average Bonchev–Trinajstić information content (AvgIpc) is 2.29. The van der Waals surface area contributed by atoms with Crippen LogP contribution in [0.3, 0.4) is 0 Å². The molecule has 2 N–H and O–H groups in total. The molecule has 17 heavy (non-hydrogen) atoms. The third-order valence-corrected chi connectivity index (χ3v) is 3.16. The molecule has 5 heteroatoms. The van der Waals surface area contributed by atoms with Crippen molar-refractivity contribution in [2.75, 3.05) is 19.6 Å². The summed E-state index contributed by atoms with van der Waals surface area (Å²) >= 11 is 0. The number of hydrogen-bond acceptors (Lipinski definition) is 3. The van der Waals surface area contributed by atoms with Crippen LogP contribution in [0.25, 0.3) is 0 Å². The lowest BCUT2D eigenvalue weighted by Gasteiger charge is -2.32. The van der Waals surface area contributed by atoms with Crippen LogP contribution in [0.4, 0.5) is 0 Å². The molecule has 0 saturated carbocycles. The van der Waals surface area contributed by atoms with Crippen LogP contribution in [0, 0.1) is 5.92 Å². The molecule has 1 saturated heterocycles. The molecule has 0 atom stereocenters. The van der Waals surface area contributed by atoms with E-state index in [1.165, 1.54) is 0 Å². The summed E-state index contributed by atoms with van der Waals surface area (Å²) in [4.78, 5) is 24.5. The lowest BCUT2D eigenvalue weighted by atomic mass is 9.96. The molecule has 1 aliphatic heterocycles. The third-order valence-electron chi connectivity index (χ3n) is 3.16. The highest BCUT2D eigenvalue weighted by molar-refractivity contribution is 5.79. The SMILES string of the molecule is CC(C)N(CCC(=O)O)C(=O)C1CCNCC1. The van der Waals surface area contributed by atoms with Crippen LogP contribution in [0.5, 0.6) is 0 Å². The maximum atomic E-state index is 12.3. The Labute approximate surface area is 102 Å². The van der Waals surface area contributed by atoms with E-state index in [2.05, 4.69) is 5.32 Å². The predicted molar refractivity (Wildman–Crippen MR) is 64.7 cm³/mol. The molecule has 1 aliphatic rings. The highest BCUT2D eigenvalue weighted by atomic mass is 16.4. The number of rotatable bonds is 5. The zero-order valence-electron chi connectivity index (χ0n) is 10.6. The van der Waals surface area contributed by atoms with Gasteiger partial charge in [-0.25, -0.2) is 0 Å². The first-order valence-corrected chi connectivity index (χ1v) is 6.25. The topological polar surface area (TPSA) is 69.6 Å². The fourth-order valence-corrected chi connectivity index (χ4v) is 2.14. The van der Waals surface area contributed by atoms with Gasteiger partial charge in [0.2, 0.25) is 5.91 Å². The molecule has 5 nitrogen and oxygen atoms in total. The minimum atomic E-state index is -0.853. The molecule has 0 bridgehead atoms. The number of carbonyl (C=O) groups excluding carboxylic acids is 1. The first-order valence-electron chi connectivity index (χ1n) is 6.25. The van der Waals surface area contributed by atoms with Crippen LogP contribution in [0.2, 0.25) is 0 Å². The smallest absolute Gasteiger partial charge is 0.305 e. The van der Waals surface area contributed by atoms with E-state index in [0.29, 0.717) is 6.54 Å². The van der Waals surface area contributed by atoms with E-state index in [-0.39, 0.29) is 24.3 Å². The van der Waals surface area contributed by atoms with Gasteiger partial charge in [0.25, 0.3) is 0 Å². The van der Waals surface area contributed by atoms with Crippen molar-refractivity contribution in [2.45, 2.75) is 39.2 Å². The van der Waals surface area contributed by atoms with Gasteiger partial charge in [0, 0.05) is 18.5 Å². The minimum absolute atomic E-state index is 0.0227. The molecular weight excluding hydrogens is 220 g/mol. The molecule has 1 heterocycles. The van der Waals surface area contributed by atoms with Gasteiger partial charge in [-0.15, -0.1) is 0 Å². The van der Waals surface area contributed by atoms with Gasteiger partial charge in [-0.3, -0.25) is 9.59 Å². The number of hydrogen-bond donors (Lipinski definition) is 2. The Hall–Kier alpha value is -1.10. The number of amides is 1. The van der Waals surface area contributed by atoms with Crippen LogP contribution in [-0.4, -0.2) is 47.6 Å². The van der Waals surface area contributed by atoms with Crippen molar-refractivity contribution in [1.29, 1.82) is 0 Å². The Morgan fingerprint density at radius 1 is 1.35 bits per heavy atom. The Bertz CT molecular complexity index is 273. The molecule has 0 radical (unpaired) electrons. The van der Waals surface area contributed by atoms with Gasteiger partial charge >= 0.3 is 5.97 Å². The molecule has 98 valence electrons. The second-order valence-electron chi connectivity index (χ2n) is 4.79. The number of piperidine rings is 1. The molecule has 0 aromatic heterocycles. The highest BCUT2D eigenvalue weighted by Gasteiger charge is 2.27. The van der Waals surface area contributed by atoms with Crippen LogP contribution in [0.15, 0.2) is 0 Å². The molecule has 0 aromatic rings. The first-order chi connectivity index (χ1) is 8.02. The van der Waals surface area contributed by atoms with Crippen LogP contribution >= 0.6 is 0 Å². The third kappa shape index (κ3) is 4.34. The van der Waals surface area contributed by atoms with Gasteiger partial charge in [-0.05, 0) is 39.8 Å². The predicted octanol–water partition coefficient (Wildman–Crippen LogP) is 0.698. The second kappa shape index (κ2) is 6.59. The summed E-state index contributed by atoms with van der Waals surface area (Å²) in [5.74, 6) is -0.677. The van der Waals surface area contributed by atoms with E-state index in [0.717, 1.165) is 25.9 Å². The van der Waals surface area contributed by atoms with Crippen LogP contribution < -0.4 is 5.32 Å². The monoisotopic (exact) mass is 242 g/mol. The summed E-state index contributed by atoms with van der Waals surface area (Å²) in [6.45, 7) is 5.93. The summed E-state index contributed by atoms with van der Waals surface area (Å²) in [5.41, 5.74) is 0. The van der Waals surface area contributed by atoms with Crippen molar-refractivity contribution in [1.82, 2.24) is 10.2 Å². The fourth-order valence-electron chi connectivity index (χ4n) is 2.14. The Kier molecular flexibility index (Phi) is 5.41. The summed E-state index contributed by atoms with van der Waals surface area (Å²) in [6, 6.07) is 0.0664. The zero-order valence-corrected chi connectivity index (χ0v) is 10.6. The minimum Gasteiger partial charge on any atom is -0.481 e. The summed E-state index contributed by atoms with van der Waals surface area (Å²) in [7, 11) is 0. The first kappa shape index (κ1) is 14.0. The molecule has 0 unspecified atom stereocenters. The van der Waals surface area contributed by atoms with Gasteiger partial charge in [-0.2, -0.15) is 0 Å². The van der Waals surface area contributed by atoms with Crippen molar-refractivity contribution in [3.8, 4) is 0 Å². The highest BCUT2D eigenvalue weighted by Crippen LogP contribution is 2.17. The van der Waals surface area contributed by atoms with E-state index < -0.39 is 5.97 Å². The summed E-state index contributed by atoms with van der Waals surface area (Å²) in [5, 5.41) is 11.9. The Morgan fingerprint density at radius 2 is 1.94 bits per heavy atom. The van der Waals surface area contributed by atoms with E-state index >= 15 is 0 Å². The number of carbonyl (C=O) groups is 2. The van der Waals surface area contributed by atoms with Gasteiger partial charge < -0.3 is 15.3 Å².